The summed E-state index contributed by atoms with van der Waals surface area (Å²) in [6, 6.07) is 25.6. The first-order valence-electron chi connectivity index (χ1n) is 21.9. The lowest BCUT2D eigenvalue weighted by Crippen LogP contribution is -2.30. The van der Waals surface area contributed by atoms with Crippen molar-refractivity contribution in [1.82, 2.24) is 45.4 Å². The van der Waals surface area contributed by atoms with E-state index in [9.17, 15) is 18.4 Å². The van der Waals surface area contributed by atoms with E-state index in [1.807, 2.05) is 34.3 Å². The van der Waals surface area contributed by atoms with Gasteiger partial charge in [-0.05, 0) is 127 Å². The maximum Gasteiger partial charge on any atom is 0.335 e. The predicted octanol–water partition coefficient (Wildman–Crippen LogP) is 8.52. The average molecular weight is 945 g/mol. The van der Waals surface area contributed by atoms with Crippen molar-refractivity contribution in [3.63, 3.8) is 0 Å². The van der Waals surface area contributed by atoms with Crippen LogP contribution in [0.5, 0.6) is 0 Å². The van der Waals surface area contributed by atoms with Crippen LogP contribution in [-0.4, -0.2) is 111 Å². The molecule has 4 aromatic carbocycles. The molecule has 0 aliphatic heterocycles. The van der Waals surface area contributed by atoms with Crippen molar-refractivity contribution in [3.05, 3.63) is 156 Å². The predicted molar refractivity (Wildman–Crippen MR) is 253 cm³/mol. The minimum absolute atomic E-state index is 0.0627. The molecule has 2 unspecified atom stereocenters. The monoisotopic (exact) mass is 944 g/mol. The largest absolute Gasteiger partial charge is 0.478 e. The lowest BCUT2D eigenvalue weighted by Gasteiger charge is -2.18. The summed E-state index contributed by atoms with van der Waals surface area (Å²) in [5.74, 6) is 1.00. The number of rotatable bonds is 17. The first kappa shape index (κ1) is 50.7. The Hall–Kier alpha value is -7.74. The highest BCUT2D eigenvalue weighted by Gasteiger charge is 2.20. The zero-order valence-electron chi connectivity index (χ0n) is 39.1. The van der Waals surface area contributed by atoms with E-state index in [-0.39, 0.29) is 34.9 Å². The standard InChI is InChI=1S/C25H26FN5O3.C15H20FN3O.C10H8N2O3/c1-16-28-23(30-34-16)18-5-4-6-19(13-18)24(32)27-14-20(11-12-31(2)3)22-15-33-25(29-22)17-7-9-21(26)10-8-17;1-19(2)8-7-12(9-17)14-10-20-15(18-14)11-3-5-13(16)6-4-11;1-6-11-9(12-15-6)7-3-2-4-8(5-7)10(13)14/h4-10,13,15,20H,11-12,14H2,1-3H3,(H,27,32);3-6,10,12H,7-9,17H2,1-2H3;2-5H,1H3,(H,13,14). The Bertz CT molecular complexity index is 2880. The van der Waals surface area contributed by atoms with Crippen molar-refractivity contribution in [2.75, 3.05) is 54.4 Å². The van der Waals surface area contributed by atoms with Crippen LogP contribution in [0.15, 0.2) is 127 Å². The van der Waals surface area contributed by atoms with Gasteiger partial charge in [0, 0.05) is 66.6 Å². The molecule has 0 saturated carbocycles. The highest BCUT2D eigenvalue weighted by Crippen LogP contribution is 2.27. The fourth-order valence-corrected chi connectivity index (χ4v) is 6.71. The van der Waals surface area contributed by atoms with Crippen molar-refractivity contribution in [3.8, 4) is 45.7 Å². The van der Waals surface area contributed by atoms with Crippen LogP contribution in [0.4, 0.5) is 8.78 Å². The fourth-order valence-electron chi connectivity index (χ4n) is 6.71. The number of aromatic nitrogens is 6. The molecular weight excluding hydrogens is 891 g/mol. The van der Waals surface area contributed by atoms with Crippen molar-refractivity contribution in [2.45, 2.75) is 38.5 Å². The van der Waals surface area contributed by atoms with Crippen molar-refractivity contribution in [2.24, 2.45) is 5.73 Å². The number of hydrogen-bond donors (Lipinski definition) is 3. The molecule has 4 aromatic heterocycles. The number of hydrogen-bond acceptors (Lipinski definition) is 15. The molecule has 69 heavy (non-hydrogen) atoms. The molecule has 0 saturated heterocycles. The number of carboxylic acid groups (broad SMARTS) is 1. The molecule has 4 heterocycles. The summed E-state index contributed by atoms with van der Waals surface area (Å²) in [5, 5.41) is 19.4. The van der Waals surface area contributed by atoms with Crippen LogP contribution in [0.25, 0.3) is 45.7 Å². The third-order valence-electron chi connectivity index (χ3n) is 10.5. The Balaban J connectivity index is 0.000000188. The third-order valence-corrected chi connectivity index (χ3v) is 10.5. The second kappa shape index (κ2) is 24.3. The van der Waals surface area contributed by atoms with Crippen LogP contribution >= 0.6 is 0 Å². The van der Waals surface area contributed by atoms with Crippen LogP contribution in [0.3, 0.4) is 0 Å². The number of aryl methyl sites for hydroxylation is 2. The van der Waals surface area contributed by atoms with Gasteiger partial charge in [0.25, 0.3) is 5.91 Å². The molecule has 0 fully saturated rings. The van der Waals surface area contributed by atoms with Crippen LogP contribution < -0.4 is 11.1 Å². The zero-order chi connectivity index (χ0) is 49.5. The van der Waals surface area contributed by atoms with Crippen LogP contribution in [-0.2, 0) is 0 Å². The van der Waals surface area contributed by atoms with Gasteiger partial charge in [-0.25, -0.2) is 23.5 Å². The Morgan fingerprint density at radius 3 is 1.52 bits per heavy atom. The maximum absolute atomic E-state index is 13.2. The molecule has 360 valence electrons. The smallest absolute Gasteiger partial charge is 0.335 e. The molecule has 2 atom stereocenters. The van der Waals surface area contributed by atoms with Gasteiger partial charge in [-0.1, -0.05) is 34.6 Å². The Morgan fingerprint density at radius 2 is 1.09 bits per heavy atom. The van der Waals surface area contributed by atoms with E-state index in [1.165, 1.54) is 36.4 Å². The highest BCUT2D eigenvalue weighted by molar-refractivity contribution is 5.95. The van der Waals surface area contributed by atoms with Gasteiger partial charge >= 0.3 is 5.97 Å². The zero-order valence-corrected chi connectivity index (χ0v) is 39.1. The molecule has 0 aliphatic carbocycles. The number of carbonyl (C=O) groups excluding carboxylic acids is 1. The lowest BCUT2D eigenvalue weighted by molar-refractivity contribution is 0.0696. The highest BCUT2D eigenvalue weighted by atomic mass is 19.1. The molecule has 8 rings (SSSR count). The molecule has 0 aliphatic rings. The second-order valence-electron chi connectivity index (χ2n) is 16.4. The molecule has 1 amide bonds. The van der Waals surface area contributed by atoms with E-state index in [0.717, 1.165) is 42.9 Å². The number of amides is 1. The summed E-state index contributed by atoms with van der Waals surface area (Å²) in [6.07, 6.45) is 4.94. The van der Waals surface area contributed by atoms with Crippen molar-refractivity contribution >= 4 is 11.9 Å². The number of nitrogens with two attached hydrogens (primary N) is 1. The van der Waals surface area contributed by atoms with Gasteiger partial charge in [0.05, 0.1) is 17.0 Å². The number of carboxylic acids is 1. The summed E-state index contributed by atoms with van der Waals surface area (Å²) in [7, 11) is 8.04. The van der Waals surface area contributed by atoms with E-state index >= 15 is 0 Å². The van der Waals surface area contributed by atoms with Gasteiger partial charge in [0.15, 0.2) is 0 Å². The summed E-state index contributed by atoms with van der Waals surface area (Å²) >= 11 is 0. The van der Waals surface area contributed by atoms with Crippen molar-refractivity contribution < 1.29 is 41.4 Å². The minimum atomic E-state index is -0.975. The van der Waals surface area contributed by atoms with Gasteiger partial charge in [-0.3, -0.25) is 4.79 Å². The Labute approximate surface area is 397 Å². The SMILES string of the molecule is CN(C)CCC(CN)c1coc(-c2ccc(F)cc2)n1.Cc1nc(-c2cccc(C(=O)NCC(CCN(C)C)c3coc(-c4ccc(F)cc4)n3)c2)no1.Cc1nc(-c2cccc(C(=O)O)c2)no1. The lowest BCUT2D eigenvalue weighted by atomic mass is 10.0. The number of nitrogens with zero attached hydrogens (tertiary/aromatic N) is 8. The molecule has 17 nitrogen and oxygen atoms in total. The molecule has 0 radical (unpaired) electrons. The summed E-state index contributed by atoms with van der Waals surface area (Å²) < 4.78 is 47.1. The fraction of sp³-hybridized carbons (Fsp3) is 0.280. The second-order valence-corrected chi connectivity index (χ2v) is 16.4. The topological polar surface area (TPSA) is 229 Å². The number of oxazole rings is 2. The van der Waals surface area contributed by atoms with Gasteiger partial charge < -0.3 is 43.8 Å². The van der Waals surface area contributed by atoms with E-state index < -0.39 is 5.97 Å². The van der Waals surface area contributed by atoms with Crippen LogP contribution in [0, 0.1) is 25.5 Å². The van der Waals surface area contributed by atoms with Gasteiger partial charge in [-0.15, -0.1) is 0 Å². The minimum Gasteiger partial charge on any atom is -0.478 e. The number of benzene rings is 4. The van der Waals surface area contributed by atoms with Crippen molar-refractivity contribution in [1.29, 1.82) is 0 Å². The quantitative estimate of drug-likeness (QED) is 0.0777. The molecule has 19 heteroatoms. The van der Waals surface area contributed by atoms with Gasteiger partial charge in [-0.2, -0.15) is 9.97 Å². The van der Waals surface area contributed by atoms with Gasteiger partial charge in [0.2, 0.25) is 35.2 Å². The van der Waals surface area contributed by atoms with E-state index in [4.69, 9.17) is 28.7 Å². The molecule has 0 bridgehead atoms. The number of carbonyl (C=O) groups is 2. The first-order valence-corrected chi connectivity index (χ1v) is 21.9. The van der Waals surface area contributed by atoms with E-state index in [1.54, 1.807) is 81.0 Å². The van der Waals surface area contributed by atoms with Gasteiger partial charge in [0.1, 0.15) is 24.2 Å². The average Bonchev–Trinajstić information content (AvgIpc) is 4.20. The molecular formula is C50H54F2N10O7. The number of halogens is 2. The number of aromatic carboxylic acids is 1. The molecule has 8 aromatic rings. The third kappa shape index (κ3) is 14.9. The Kier molecular flexibility index (Phi) is 17.9. The normalized spacial score (nSPS) is 11.9. The summed E-state index contributed by atoms with van der Waals surface area (Å²) in [6.45, 7) is 6.06. The molecule has 0 spiro atoms. The molecule has 4 N–H and O–H groups in total. The van der Waals surface area contributed by atoms with E-state index in [0.29, 0.717) is 70.6 Å². The van der Waals surface area contributed by atoms with Crippen LogP contribution in [0.2, 0.25) is 0 Å². The number of nitrogens with one attached hydrogen (secondary N) is 1. The first-order chi connectivity index (χ1) is 33.1. The van der Waals surface area contributed by atoms with E-state index in [2.05, 4.69) is 45.4 Å². The summed E-state index contributed by atoms with van der Waals surface area (Å²) in [5.41, 5.74) is 10.9. The summed E-state index contributed by atoms with van der Waals surface area (Å²) in [4.78, 5) is 45.1. The Morgan fingerprint density at radius 1 is 0.638 bits per heavy atom. The maximum atomic E-state index is 13.2. The van der Waals surface area contributed by atoms with Crippen LogP contribution in [0.1, 0.15) is 68.6 Å².